The van der Waals surface area contributed by atoms with E-state index in [2.05, 4.69) is 25.5 Å². The highest BCUT2D eigenvalue weighted by Gasteiger charge is 2.17. The van der Waals surface area contributed by atoms with Crippen molar-refractivity contribution in [2.24, 2.45) is 5.10 Å². The predicted molar refractivity (Wildman–Crippen MR) is 143 cm³/mol. The molecular formula is C26H22ClN5O4S. The molecule has 0 radical (unpaired) electrons. The Morgan fingerprint density at radius 3 is 2.35 bits per heavy atom. The van der Waals surface area contributed by atoms with Crippen molar-refractivity contribution in [3.05, 3.63) is 88.9 Å². The molecule has 4 aromatic rings. The number of nitrogens with one attached hydrogen (secondary N) is 1. The number of methoxy groups -OCH3 is 2. The van der Waals surface area contributed by atoms with Crippen LogP contribution in [-0.2, 0) is 9.53 Å². The van der Waals surface area contributed by atoms with Crippen LogP contribution >= 0.6 is 23.4 Å². The number of amides is 1. The lowest BCUT2D eigenvalue weighted by molar-refractivity contribution is -0.118. The molecule has 0 saturated heterocycles. The fraction of sp³-hybridized carbons (Fsp3) is 0.115. The molecule has 9 nitrogen and oxygen atoms in total. The number of hydrogen-bond acceptors (Lipinski definition) is 8. The number of nitrogens with zero attached hydrogens (tertiary/aromatic N) is 4. The minimum atomic E-state index is -0.421. The summed E-state index contributed by atoms with van der Waals surface area (Å²) in [5.41, 5.74) is 5.28. The first kappa shape index (κ1) is 25.9. The fourth-order valence-electron chi connectivity index (χ4n) is 3.28. The summed E-state index contributed by atoms with van der Waals surface area (Å²) in [6.45, 7) is 0. The Labute approximate surface area is 222 Å². The van der Waals surface area contributed by atoms with Crippen LogP contribution in [-0.4, -0.2) is 52.8 Å². The van der Waals surface area contributed by atoms with Crippen molar-refractivity contribution >= 4 is 41.5 Å². The number of carbonyl (C=O) groups is 2. The van der Waals surface area contributed by atoms with Crippen LogP contribution < -0.4 is 10.2 Å². The van der Waals surface area contributed by atoms with Crippen LogP contribution in [0.15, 0.2) is 83.1 Å². The molecule has 0 aliphatic heterocycles. The maximum Gasteiger partial charge on any atom is 0.337 e. The Kier molecular flexibility index (Phi) is 8.55. The molecule has 0 fully saturated rings. The second-order valence-electron chi connectivity index (χ2n) is 7.54. The molecule has 0 atom stereocenters. The van der Waals surface area contributed by atoms with Crippen LogP contribution in [0.3, 0.4) is 0 Å². The molecule has 0 saturated carbocycles. The Morgan fingerprint density at radius 2 is 1.70 bits per heavy atom. The van der Waals surface area contributed by atoms with Gasteiger partial charge >= 0.3 is 5.97 Å². The topological polar surface area (TPSA) is 108 Å². The van der Waals surface area contributed by atoms with E-state index in [4.69, 9.17) is 16.3 Å². The molecule has 1 N–H and O–H groups in total. The van der Waals surface area contributed by atoms with E-state index in [0.717, 1.165) is 17.0 Å². The zero-order valence-electron chi connectivity index (χ0n) is 19.9. The second kappa shape index (κ2) is 12.2. The van der Waals surface area contributed by atoms with Crippen molar-refractivity contribution in [3.8, 4) is 22.8 Å². The van der Waals surface area contributed by atoms with Crippen LogP contribution in [0.4, 0.5) is 0 Å². The molecule has 0 bridgehead atoms. The van der Waals surface area contributed by atoms with Gasteiger partial charge in [0.05, 0.1) is 31.8 Å². The van der Waals surface area contributed by atoms with Crippen molar-refractivity contribution in [2.75, 3.05) is 20.0 Å². The number of halogens is 1. The molecule has 37 heavy (non-hydrogen) atoms. The van der Waals surface area contributed by atoms with Crippen LogP contribution in [0, 0.1) is 0 Å². The number of esters is 1. The summed E-state index contributed by atoms with van der Waals surface area (Å²) in [7, 11) is 2.93. The van der Waals surface area contributed by atoms with Crippen molar-refractivity contribution < 1.29 is 19.1 Å². The Hall–Kier alpha value is -4.15. The first-order valence-corrected chi connectivity index (χ1v) is 12.3. The molecule has 1 amide bonds. The zero-order chi connectivity index (χ0) is 26.2. The Morgan fingerprint density at radius 1 is 1.00 bits per heavy atom. The van der Waals surface area contributed by atoms with Gasteiger partial charge < -0.3 is 9.47 Å². The van der Waals surface area contributed by atoms with E-state index in [9.17, 15) is 9.59 Å². The van der Waals surface area contributed by atoms with Crippen LogP contribution in [0.2, 0.25) is 5.02 Å². The highest BCUT2D eigenvalue weighted by atomic mass is 35.5. The first-order valence-electron chi connectivity index (χ1n) is 11.0. The second-order valence-corrected chi connectivity index (χ2v) is 8.92. The maximum absolute atomic E-state index is 12.4. The van der Waals surface area contributed by atoms with Gasteiger partial charge in [-0.15, -0.1) is 10.2 Å². The van der Waals surface area contributed by atoms with Gasteiger partial charge in [-0.2, -0.15) is 5.10 Å². The molecule has 0 spiro atoms. The van der Waals surface area contributed by atoms with Crippen LogP contribution in [0.5, 0.6) is 5.75 Å². The largest absolute Gasteiger partial charge is 0.497 e. The normalized spacial score (nSPS) is 10.9. The van der Waals surface area contributed by atoms with Crippen LogP contribution in [0.1, 0.15) is 15.9 Å². The van der Waals surface area contributed by atoms with Gasteiger partial charge in [0.2, 0.25) is 0 Å². The summed E-state index contributed by atoms with van der Waals surface area (Å²) in [5.74, 6) is 0.667. The standard InChI is InChI=1S/C26H22ClN5O4S/c1-35-22-13-7-18(8-14-22)24-30-31-26(32(24)21-11-9-20(27)10-12-21)37-16-23(33)29-28-15-17-3-5-19(6-4-17)25(34)36-2/h3-15H,16H2,1-2H3,(H,29,33)/b28-15+. The van der Waals surface area contributed by atoms with E-state index in [-0.39, 0.29) is 11.7 Å². The van der Waals surface area contributed by atoms with E-state index in [1.165, 1.54) is 25.1 Å². The third-order valence-electron chi connectivity index (χ3n) is 5.13. The van der Waals surface area contributed by atoms with Gasteiger partial charge in [-0.25, -0.2) is 10.2 Å². The van der Waals surface area contributed by atoms with Gasteiger partial charge in [0.25, 0.3) is 5.91 Å². The first-order chi connectivity index (χ1) is 18.0. The summed E-state index contributed by atoms with van der Waals surface area (Å²) in [6.07, 6.45) is 1.49. The summed E-state index contributed by atoms with van der Waals surface area (Å²) in [4.78, 5) is 24.0. The monoisotopic (exact) mass is 535 g/mol. The number of thioether (sulfide) groups is 1. The van der Waals surface area contributed by atoms with Crippen LogP contribution in [0.25, 0.3) is 17.1 Å². The molecule has 1 aromatic heterocycles. The average Bonchev–Trinajstić information content (AvgIpc) is 3.36. The highest BCUT2D eigenvalue weighted by Crippen LogP contribution is 2.29. The number of ether oxygens (including phenoxy) is 2. The van der Waals surface area contributed by atoms with E-state index >= 15 is 0 Å². The lowest BCUT2D eigenvalue weighted by atomic mass is 10.1. The quantitative estimate of drug-likeness (QED) is 0.144. The van der Waals surface area contributed by atoms with Crippen molar-refractivity contribution in [1.82, 2.24) is 20.2 Å². The van der Waals surface area contributed by atoms with Crippen molar-refractivity contribution in [1.29, 1.82) is 0 Å². The van der Waals surface area contributed by atoms with Gasteiger partial charge in [0.15, 0.2) is 11.0 Å². The minimum Gasteiger partial charge on any atom is -0.497 e. The highest BCUT2D eigenvalue weighted by molar-refractivity contribution is 7.99. The summed E-state index contributed by atoms with van der Waals surface area (Å²) >= 11 is 7.31. The van der Waals surface area contributed by atoms with Gasteiger partial charge in [-0.05, 0) is 66.2 Å². The van der Waals surface area contributed by atoms with Crippen molar-refractivity contribution in [2.45, 2.75) is 5.16 Å². The third-order valence-corrected chi connectivity index (χ3v) is 6.31. The Balaban J connectivity index is 1.46. The number of carbonyl (C=O) groups excluding carboxylic acids is 2. The smallest absolute Gasteiger partial charge is 0.337 e. The van der Waals surface area contributed by atoms with Gasteiger partial charge in [0.1, 0.15) is 5.75 Å². The molecule has 11 heteroatoms. The number of rotatable bonds is 9. The Bertz CT molecular complexity index is 1400. The predicted octanol–water partition coefficient (Wildman–Crippen LogP) is 4.63. The maximum atomic E-state index is 12.4. The summed E-state index contributed by atoms with van der Waals surface area (Å²) in [5, 5.41) is 13.8. The molecule has 0 aliphatic rings. The lowest BCUT2D eigenvalue weighted by Gasteiger charge is -2.11. The number of benzene rings is 3. The van der Waals surface area contributed by atoms with Gasteiger partial charge in [-0.3, -0.25) is 9.36 Å². The molecule has 0 aliphatic carbocycles. The zero-order valence-corrected chi connectivity index (χ0v) is 21.5. The number of aromatic nitrogens is 3. The molecule has 1 heterocycles. The van der Waals surface area contributed by atoms with Crippen molar-refractivity contribution in [3.63, 3.8) is 0 Å². The van der Waals surface area contributed by atoms with E-state index < -0.39 is 5.97 Å². The molecular weight excluding hydrogens is 514 g/mol. The molecule has 188 valence electrons. The third kappa shape index (κ3) is 6.54. The van der Waals surface area contributed by atoms with E-state index in [1.54, 1.807) is 43.5 Å². The lowest BCUT2D eigenvalue weighted by Crippen LogP contribution is -2.20. The average molecular weight is 536 g/mol. The minimum absolute atomic E-state index is 0.0625. The van der Waals surface area contributed by atoms with Gasteiger partial charge in [0, 0.05) is 16.3 Å². The molecule has 3 aromatic carbocycles. The number of hydrogen-bond donors (Lipinski definition) is 1. The fourth-order valence-corrected chi connectivity index (χ4v) is 4.15. The van der Waals surface area contributed by atoms with Gasteiger partial charge in [-0.1, -0.05) is 35.5 Å². The summed E-state index contributed by atoms with van der Waals surface area (Å²) < 4.78 is 11.8. The molecule has 4 rings (SSSR count). The SMILES string of the molecule is COC(=O)c1ccc(/C=N/NC(=O)CSc2nnc(-c3ccc(OC)cc3)n2-c2ccc(Cl)cc2)cc1. The summed E-state index contributed by atoms with van der Waals surface area (Å²) in [6, 6.07) is 21.4. The molecule has 0 unspecified atom stereocenters. The van der Waals surface area contributed by atoms with E-state index in [0.29, 0.717) is 27.1 Å². The van der Waals surface area contributed by atoms with E-state index in [1.807, 2.05) is 41.0 Å². The number of hydrazone groups is 1.